The molecule has 0 spiro atoms. The molecule has 4 aromatic carbocycles. The van der Waals surface area contributed by atoms with E-state index in [0.29, 0.717) is 45.9 Å². The molecule has 9 rings (SSSR count). The van der Waals surface area contributed by atoms with Crippen LogP contribution in [0.15, 0.2) is 97.1 Å². The van der Waals surface area contributed by atoms with Crippen molar-refractivity contribution in [3.8, 4) is 45.6 Å². The maximum absolute atomic E-state index is 5.02. The number of aromatic nitrogens is 8. The Kier molecular flexibility index (Phi) is 6.09. The molecule has 0 saturated heterocycles. The molecule has 0 aliphatic carbocycles. The molecule has 0 atom stereocenters. The standard InChI is InChI=1S/C32H18N8.ClH.Fe/c1-2-10-18-17(9-1)25-33-26(18)38-28-21-13-5-6-14-22(21)30(35-28)40-32-24-16-8-7-15-23(24)31(36-32)39-29-20-12-4-3-11-19(20)27(34-29)37-25;;/h1-16H,(H2,33,34,35,36,37,38,39,40);1H;/q;;+2/p-1. The van der Waals surface area contributed by atoms with E-state index in [1.807, 2.05) is 97.1 Å². The van der Waals surface area contributed by atoms with Gasteiger partial charge in [0, 0.05) is 43.8 Å². The van der Waals surface area contributed by atoms with E-state index in [1.54, 1.807) is 0 Å². The Morgan fingerprint density at radius 2 is 0.571 bits per heavy atom. The van der Waals surface area contributed by atoms with Crippen molar-refractivity contribution in [1.82, 2.24) is 39.9 Å². The van der Waals surface area contributed by atoms with E-state index in [4.69, 9.17) is 29.9 Å². The van der Waals surface area contributed by atoms with Crippen LogP contribution in [-0.2, 0) is 17.1 Å². The molecule has 5 heterocycles. The van der Waals surface area contributed by atoms with Gasteiger partial charge < -0.3 is 22.4 Å². The molecule has 2 aliphatic rings. The van der Waals surface area contributed by atoms with Gasteiger partial charge in [-0.1, -0.05) is 97.1 Å². The van der Waals surface area contributed by atoms with Crippen LogP contribution in [0.1, 0.15) is 0 Å². The molecule has 0 unspecified atom stereocenters. The molecule has 0 radical (unpaired) electrons. The molecule has 8 nitrogen and oxygen atoms in total. The second-order valence-corrected chi connectivity index (χ2v) is 9.79. The van der Waals surface area contributed by atoms with Gasteiger partial charge in [0.2, 0.25) is 0 Å². The number of hydrogen-bond donors (Lipinski definition) is 2. The van der Waals surface area contributed by atoms with Crippen molar-refractivity contribution in [2.75, 3.05) is 0 Å². The minimum atomic E-state index is 0. The van der Waals surface area contributed by atoms with Crippen LogP contribution in [0.3, 0.4) is 0 Å². The Morgan fingerprint density at radius 1 is 0.333 bits per heavy atom. The van der Waals surface area contributed by atoms with Crippen LogP contribution >= 0.6 is 0 Å². The topological polar surface area (TPSA) is 109 Å². The summed E-state index contributed by atoms with van der Waals surface area (Å²) in [5.74, 6) is 2.39. The Balaban J connectivity index is 0.00000144. The van der Waals surface area contributed by atoms with Gasteiger partial charge in [-0.15, -0.1) is 0 Å². The van der Waals surface area contributed by atoms with Crippen LogP contribution in [0.4, 0.5) is 0 Å². The van der Waals surface area contributed by atoms with Crippen LogP contribution in [0.25, 0.3) is 89.7 Å². The smallest absolute Gasteiger partial charge is 1.00 e. The molecule has 2 aliphatic heterocycles. The van der Waals surface area contributed by atoms with Crippen molar-refractivity contribution < 1.29 is 29.5 Å². The fourth-order valence-corrected chi connectivity index (χ4v) is 5.59. The fourth-order valence-electron chi connectivity index (χ4n) is 5.59. The van der Waals surface area contributed by atoms with Gasteiger partial charge in [-0.25, -0.2) is 29.9 Å². The minimum absolute atomic E-state index is 0. The SMILES string of the molecule is [Cl-].[Fe+2].c1ccc2c(c1)-c1nc-2nc2[nH]c(nc3nc(nc4[nH]c(n1)c1ccccc41)-c1ccccc1-3)c1ccccc21. The predicted molar refractivity (Wildman–Crippen MR) is 156 cm³/mol. The summed E-state index contributed by atoms with van der Waals surface area (Å²) in [5, 5.41) is 3.82. The van der Waals surface area contributed by atoms with E-state index in [-0.39, 0.29) is 29.5 Å². The third kappa shape index (κ3) is 3.83. The van der Waals surface area contributed by atoms with E-state index in [1.165, 1.54) is 0 Å². The first-order chi connectivity index (χ1) is 19.8. The van der Waals surface area contributed by atoms with E-state index < -0.39 is 0 Å². The number of benzene rings is 4. The first kappa shape index (κ1) is 26.0. The van der Waals surface area contributed by atoms with Crippen LogP contribution in [0, 0.1) is 0 Å². The van der Waals surface area contributed by atoms with Gasteiger partial charge in [-0.2, -0.15) is 0 Å². The molecule has 10 heteroatoms. The number of rotatable bonds is 0. The van der Waals surface area contributed by atoms with Crippen LogP contribution < -0.4 is 12.4 Å². The van der Waals surface area contributed by atoms with Gasteiger partial charge in [-0.3, -0.25) is 0 Å². The maximum Gasteiger partial charge on any atom is 2.00 e. The third-order valence-electron chi connectivity index (χ3n) is 7.46. The summed E-state index contributed by atoms with van der Waals surface area (Å²) in [6, 6.07) is 32.2. The number of fused-ring (bicyclic) bond motifs is 20. The van der Waals surface area contributed by atoms with Gasteiger partial charge >= 0.3 is 17.1 Å². The molecule has 0 fully saturated rings. The van der Waals surface area contributed by atoms with Crippen LogP contribution in [-0.4, -0.2) is 39.9 Å². The largest absolute Gasteiger partial charge is 2.00 e. The second kappa shape index (κ2) is 9.85. The summed E-state index contributed by atoms with van der Waals surface area (Å²) in [6.07, 6.45) is 0. The van der Waals surface area contributed by atoms with E-state index in [2.05, 4.69) is 9.97 Å². The number of halogens is 1. The summed E-state index contributed by atoms with van der Waals surface area (Å²) >= 11 is 0. The molecule has 200 valence electrons. The van der Waals surface area contributed by atoms with E-state index in [9.17, 15) is 0 Å². The van der Waals surface area contributed by atoms with Gasteiger partial charge in [0.05, 0.1) is 0 Å². The van der Waals surface area contributed by atoms with Crippen molar-refractivity contribution in [3.05, 3.63) is 97.1 Å². The molecule has 2 N–H and O–H groups in total. The van der Waals surface area contributed by atoms with Crippen molar-refractivity contribution >= 4 is 44.1 Å². The molecular weight excluding hydrogens is 588 g/mol. The molecule has 8 bridgehead atoms. The van der Waals surface area contributed by atoms with Gasteiger partial charge in [-0.05, 0) is 0 Å². The van der Waals surface area contributed by atoms with Crippen molar-refractivity contribution in [3.63, 3.8) is 0 Å². The Morgan fingerprint density at radius 3 is 0.833 bits per heavy atom. The second-order valence-electron chi connectivity index (χ2n) is 9.79. The van der Waals surface area contributed by atoms with Gasteiger partial charge in [0.15, 0.2) is 23.3 Å². The Bertz CT molecular complexity index is 2040. The number of H-pyrrole nitrogens is 2. The zero-order valence-electron chi connectivity index (χ0n) is 21.7. The number of hydrogen-bond acceptors (Lipinski definition) is 6. The molecule has 0 amide bonds. The molecule has 0 saturated carbocycles. The number of aromatic amines is 2. The summed E-state index contributed by atoms with van der Waals surface area (Å²) in [6.45, 7) is 0. The summed E-state index contributed by atoms with van der Waals surface area (Å²) in [7, 11) is 0. The molecule has 7 aromatic rings. The first-order valence-electron chi connectivity index (χ1n) is 13.0. The van der Waals surface area contributed by atoms with Gasteiger partial charge in [0.1, 0.15) is 22.6 Å². The fraction of sp³-hybridized carbons (Fsp3) is 0. The van der Waals surface area contributed by atoms with Crippen LogP contribution in [0.2, 0.25) is 0 Å². The summed E-state index contributed by atoms with van der Waals surface area (Å²) in [4.78, 5) is 36.8. The summed E-state index contributed by atoms with van der Waals surface area (Å²) < 4.78 is 0. The predicted octanol–water partition coefficient (Wildman–Crippen LogP) is 3.87. The molecule has 3 aromatic heterocycles. The van der Waals surface area contributed by atoms with Crippen molar-refractivity contribution in [1.29, 1.82) is 0 Å². The zero-order chi connectivity index (χ0) is 26.2. The quantitative estimate of drug-likeness (QED) is 0.254. The van der Waals surface area contributed by atoms with E-state index in [0.717, 1.165) is 43.8 Å². The van der Waals surface area contributed by atoms with Crippen molar-refractivity contribution in [2.45, 2.75) is 0 Å². The third-order valence-corrected chi connectivity index (χ3v) is 7.46. The van der Waals surface area contributed by atoms with Crippen molar-refractivity contribution in [2.24, 2.45) is 0 Å². The first-order valence-corrected chi connectivity index (χ1v) is 13.0. The van der Waals surface area contributed by atoms with Crippen LogP contribution in [0.5, 0.6) is 0 Å². The molecular formula is C32H18ClFeN8+. The maximum atomic E-state index is 5.02. The van der Waals surface area contributed by atoms with Gasteiger partial charge in [0.25, 0.3) is 0 Å². The average molecular weight is 606 g/mol. The number of nitrogens with zero attached hydrogens (tertiary/aromatic N) is 6. The normalized spacial score (nSPS) is 11.4. The molecule has 42 heavy (non-hydrogen) atoms. The van der Waals surface area contributed by atoms with E-state index >= 15 is 0 Å². The Labute approximate surface area is 255 Å². The average Bonchev–Trinajstić information content (AvgIpc) is 3.73. The Hall–Kier alpha value is -4.95. The monoisotopic (exact) mass is 605 g/mol. The summed E-state index contributed by atoms with van der Waals surface area (Å²) in [5.41, 5.74) is 6.45. The zero-order valence-corrected chi connectivity index (χ0v) is 23.5. The number of nitrogens with one attached hydrogen (secondary N) is 2. The minimum Gasteiger partial charge on any atom is -1.00 e.